The van der Waals surface area contributed by atoms with Gasteiger partial charge in [0.25, 0.3) is 5.91 Å². The number of nitrogens with one attached hydrogen (secondary N) is 3. The monoisotopic (exact) mass is 468 g/mol. The van der Waals surface area contributed by atoms with Crippen LogP contribution in [0.15, 0.2) is 79.1 Å². The molecule has 4 aromatic rings. The summed E-state index contributed by atoms with van der Waals surface area (Å²) >= 11 is 1.44. The number of rotatable bonds is 7. The number of carbonyl (C=O) groups is 1. The molecule has 1 aliphatic heterocycles. The highest BCUT2D eigenvalue weighted by Gasteiger charge is 2.22. The average molecular weight is 469 g/mol. The Morgan fingerprint density at radius 3 is 2.76 bits per heavy atom. The zero-order valence-electron chi connectivity index (χ0n) is 18.4. The Bertz CT molecular complexity index is 1350. The third-order valence-corrected chi connectivity index (χ3v) is 7.12. The summed E-state index contributed by atoms with van der Waals surface area (Å²) in [5.74, 6) is -0.142. The standard InChI is InChI=1S/C27H24N4O2S/c28-22(19-4-3-11-29-15-19)13-23(21-5-1-2-6-24(21)32)31-27(33)26-10-9-25(34-26)17-7-8-18-14-30-16-20(18)12-17/h1-12,15,23,28,30,32H,13-14,16H2,(H,31,33). The van der Waals surface area contributed by atoms with Crippen LogP contribution in [0.4, 0.5) is 0 Å². The van der Waals surface area contributed by atoms with E-state index in [4.69, 9.17) is 5.41 Å². The Morgan fingerprint density at radius 2 is 1.94 bits per heavy atom. The van der Waals surface area contributed by atoms with Crippen molar-refractivity contribution >= 4 is 23.0 Å². The van der Waals surface area contributed by atoms with E-state index < -0.39 is 6.04 Å². The zero-order chi connectivity index (χ0) is 23.5. The second-order valence-corrected chi connectivity index (χ2v) is 9.34. The lowest BCUT2D eigenvalue weighted by molar-refractivity contribution is 0.0941. The lowest BCUT2D eigenvalue weighted by Crippen LogP contribution is -2.29. The fourth-order valence-electron chi connectivity index (χ4n) is 4.18. The summed E-state index contributed by atoms with van der Waals surface area (Å²) in [5, 5.41) is 25.4. The van der Waals surface area contributed by atoms with Gasteiger partial charge in [0.1, 0.15) is 5.75 Å². The maximum Gasteiger partial charge on any atom is 0.261 e. The summed E-state index contributed by atoms with van der Waals surface area (Å²) in [6.45, 7) is 1.77. The summed E-state index contributed by atoms with van der Waals surface area (Å²) < 4.78 is 0. The number of pyridine rings is 1. The molecule has 3 heterocycles. The molecule has 0 fully saturated rings. The first-order valence-corrected chi connectivity index (χ1v) is 11.9. The van der Waals surface area contributed by atoms with Crippen molar-refractivity contribution < 1.29 is 9.90 Å². The van der Waals surface area contributed by atoms with Crippen LogP contribution in [0.25, 0.3) is 10.4 Å². The fourth-order valence-corrected chi connectivity index (χ4v) is 5.08. The molecule has 5 rings (SSSR count). The number of amides is 1. The smallest absolute Gasteiger partial charge is 0.261 e. The SMILES string of the molecule is N=C(CC(NC(=O)c1ccc(-c2ccc3c(c2)CNC3)s1)c1ccccc1O)c1cccnc1. The number of aromatic hydroxyl groups is 1. The minimum Gasteiger partial charge on any atom is -0.508 e. The Hall–Kier alpha value is -3.81. The zero-order valence-corrected chi connectivity index (χ0v) is 19.2. The van der Waals surface area contributed by atoms with Crippen molar-refractivity contribution in [3.63, 3.8) is 0 Å². The predicted molar refractivity (Wildman–Crippen MR) is 134 cm³/mol. The van der Waals surface area contributed by atoms with E-state index >= 15 is 0 Å². The Morgan fingerprint density at radius 1 is 1.09 bits per heavy atom. The molecule has 34 heavy (non-hydrogen) atoms. The van der Waals surface area contributed by atoms with Crippen LogP contribution in [-0.4, -0.2) is 21.7 Å². The van der Waals surface area contributed by atoms with Gasteiger partial charge in [0.15, 0.2) is 0 Å². The second kappa shape index (κ2) is 9.59. The number of aromatic nitrogens is 1. The molecule has 1 amide bonds. The van der Waals surface area contributed by atoms with Crippen LogP contribution >= 0.6 is 11.3 Å². The quantitative estimate of drug-likeness (QED) is 0.285. The van der Waals surface area contributed by atoms with Gasteiger partial charge in [-0.05, 0) is 47.0 Å². The van der Waals surface area contributed by atoms with Crippen molar-refractivity contribution in [2.45, 2.75) is 25.6 Å². The van der Waals surface area contributed by atoms with Crippen LogP contribution in [0.5, 0.6) is 5.75 Å². The predicted octanol–water partition coefficient (Wildman–Crippen LogP) is 5.05. The number of hydrogen-bond donors (Lipinski definition) is 4. The van der Waals surface area contributed by atoms with Crippen molar-refractivity contribution in [2.24, 2.45) is 0 Å². The lowest BCUT2D eigenvalue weighted by Gasteiger charge is -2.20. The van der Waals surface area contributed by atoms with E-state index in [0.717, 1.165) is 23.5 Å². The number of phenols is 1. The molecular weight excluding hydrogens is 444 g/mol. The minimum atomic E-state index is -0.557. The maximum absolute atomic E-state index is 13.2. The number of hydrogen-bond acceptors (Lipinski definition) is 6. The summed E-state index contributed by atoms with van der Waals surface area (Å²) in [6, 6.07) is 20.2. The molecule has 2 aromatic heterocycles. The number of thiophene rings is 1. The van der Waals surface area contributed by atoms with Gasteiger partial charge in [0.05, 0.1) is 10.9 Å². The molecule has 0 saturated carbocycles. The van der Waals surface area contributed by atoms with E-state index in [-0.39, 0.29) is 18.1 Å². The highest BCUT2D eigenvalue weighted by molar-refractivity contribution is 7.17. The fraction of sp³-hybridized carbons (Fsp3) is 0.148. The average Bonchev–Trinajstić information content (AvgIpc) is 3.54. The summed E-state index contributed by atoms with van der Waals surface area (Å²) in [5.41, 5.74) is 5.31. The van der Waals surface area contributed by atoms with Gasteiger partial charge in [-0.1, -0.05) is 36.4 Å². The van der Waals surface area contributed by atoms with Gasteiger partial charge < -0.3 is 21.1 Å². The summed E-state index contributed by atoms with van der Waals surface area (Å²) in [4.78, 5) is 18.9. The van der Waals surface area contributed by atoms with E-state index in [1.54, 1.807) is 36.7 Å². The molecule has 0 bridgehead atoms. The number of nitrogens with zero attached hydrogens (tertiary/aromatic N) is 1. The first-order valence-electron chi connectivity index (χ1n) is 11.1. The van der Waals surface area contributed by atoms with Crippen molar-refractivity contribution in [1.82, 2.24) is 15.6 Å². The Labute approximate surface area is 201 Å². The molecule has 0 radical (unpaired) electrons. The largest absolute Gasteiger partial charge is 0.508 e. The number of carbonyl (C=O) groups excluding carboxylic acids is 1. The van der Waals surface area contributed by atoms with E-state index in [1.807, 2.05) is 24.3 Å². The van der Waals surface area contributed by atoms with E-state index in [0.29, 0.717) is 21.7 Å². The third kappa shape index (κ3) is 4.62. The highest BCUT2D eigenvalue weighted by Crippen LogP contribution is 2.32. The first-order chi connectivity index (χ1) is 16.6. The normalized spacial score (nSPS) is 13.3. The van der Waals surface area contributed by atoms with Crippen LogP contribution < -0.4 is 10.6 Å². The van der Waals surface area contributed by atoms with Crippen molar-refractivity contribution in [2.75, 3.05) is 0 Å². The summed E-state index contributed by atoms with van der Waals surface area (Å²) in [7, 11) is 0. The van der Waals surface area contributed by atoms with Gasteiger partial charge in [-0.2, -0.15) is 0 Å². The molecule has 4 N–H and O–H groups in total. The molecular formula is C27H24N4O2S. The second-order valence-electron chi connectivity index (χ2n) is 8.26. The van der Waals surface area contributed by atoms with Gasteiger partial charge in [-0.15, -0.1) is 11.3 Å². The number of para-hydroxylation sites is 1. The van der Waals surface area contributed by atoms with Crippen LogP contribution in [0.3, 0.4) is 0 Å². The maximum atomic E-state index is 13.2. The van der Waals surface area contributed by atoms with Gasteiger partial charge in [-0.3, -0.25) is 9.78 Å². The Kier molecular flexibility index (Phi) is 6.20. The number of phenolic OH excluding ortho intramolecular Hbond substituents is 1. The molecule has 6 nitrogen and oxygen atoms in total. The van der Waals surface area contributed by atoms with Gasteiger partial charge in [0.2, 0.25) is 0 Å². The molecule has 0 saturated heterocycles. The van der Waals surface area contributed by atoms with Gasteiger partial charge in [0, 0.05) is 53.6 Å². The number of fused-ring (bicyclic) bond motifs is 1. The first kappa shape index (κ1) is 22.0. The van der Waals surface area contributed by atoms with Crippen LogP contribution in [0.1, 0.15) is 44.4 Å². The summed E-state index contributed by atoms with van der Waals surface area (Å²) in [6.07, 6.45) is 3.51. The molecule has 0 spiro atoms. The van der Waals surface area contributed by atoms with Crippen LogP contribution in [-0.2, 0) is 13.1 Å². The van der Waals surface area contributed by atoms with Crippen molar-refractivity contribution in [3.8, 4) is 16.2 Å². The van der Waals surface area contributed by atoms with E-state index in [1.165, 1.54) is 22.5 Å². The van der Waals surface area contributed by atoms with E-state index in [2.05, 4.69) is 33.8 Å². The number of benzene rings is 2. The topological polar surface area (TPSA) is 98.1 Å². The van der Waals surface area contributed by atoms with Crippen LogP contribution in [0.2, 0.25) is 0 Å². The minimum absolute atomic E-state index is 0.0883. The van der Waals surface area contributed by atoms with Crippen molar-refractivity contribution in [3.05, 3.63) is 106 Å². The molecule has 0 aliphatic carbocycles. The van der Waals surface area contributed by atoms with E-state index in [9.17, 15) is 9.90 Å². The highest BCUT2D eigenvalue weighted by atomic mass is 32.1. The van der Waals surface area contributed by atoms with Crippen LogP contribution in [0, 0.1) is 5.41 Å². The van der Waals surface area contributed by atoms with Gasteiger partial charge >= 0.3 is 0 Å². The third-order valence-electron chi connectivity index (χ3n) is 5.99. The Balaban J connectivity index is 1.37. The lowest BCUT2D eigenvalue weighted by atomic mass is 9.97. The van der Waals surface area contributed by atoms with Gasteiger partial charge in [-0.25, -0.2) is 0 Å². The molecule has 7 heteroatoms. The molecule has 1 atom stereocenters. The molecule has 2 aromatic carbocycles. The molecule has 1 unspecified atom stereocenters. The van der Waals surface area contributed by atoms with Crippen molar-refractivity contribution in [1.29, 1.82) is 5.41 Å². The molecule has 1 aliphatic rings. The molecule has 170 valence electrons.